The molecule has 0 bridgehead atoms. The molecule has 1 rings (SSSR count). The molecular formula is C13H16BrF3O. The maximum absolute atomic E-state index is 12.6. The Hall–Kier alpha value is -0.550. The van der Waals surface area contributed by atoms with Gasteiger partial charge in [-0.3, -0.25) is 0 Å². The van der Waals surface area contributed by atoms with Gasteiger partial charge in [0.05, 0.1) is 11.7 Å². The number of hydrogen-bond acceptors (Lipinski definition) is 1. The van der Waals surface area contributed by atoms with Gasteiger partial charge in [-0.1, -0.05) is 41.4 Å². The highest BCUT2D eigenvalue weighted by Crippen LogP contribution is 2.31. The Balaban J connectivity index is 2.79. The number of alkyl halides is 4. The molecule has 102 valence electrons. The summed E-state index contributed by atoms with van der Waals surface area (Å²) in [6.45, 7) is 2.60. The second-order valence-corrected chi connectivity index (χ2v) is 4.64. The summed E-state index contributed by atoms with van der Waals surface area (Å²) in [5.74, 6) is 0. The second-order valence-electron chi connectivity index (χ2n) is 3.99. The number of ether oxygens (including phenoxy) is 1. The first-order chi connectivity index (χ1) is 8.49. The van der Waals surface area contributed by atoms with Crippen molar-refractivity contribution in [2.75, 3.05) is 11.9 Å². The van der Waals surface area contributed by atoms with Crippen LogP contribution in [0.1, 0.15) is 37.0 Å². The zero-order valence-electron chi connectivity index (χ0n) is 10.1. The monoisotopic (exact) mass is 324 g/mol. The lowest BCUT2D eigenvalue weighted by atomic mass is 10.1. The van der Waals surface area contributed by atoms with Gasteiger partial charge in [0.25, 0.3) is 0 Å². The van der Waals surface area contributed by atoms with Crippen LogP contribution in [-0.4, -0.2) is 11.9 Å². The van der Waals surface area contributed by atoms with E-state index in [-0.39, 0.29) is 6.10 Å². The Morgan fingerprint density at radius 1 is 1.33 bits per heavy atom. The molecule has 0 radical (unpaired) electrons. The molecule has 0 saturated carbocycles. The van der Waals surface area contributed by atoms with Gasteiger partial charge in [-0.05, 0) is 24.1 Å². The van der Waals surface area contributed by atoms with E-state index in [2.05, 4.69) is 15.9 Å². The molecule has 0 saturated heterocycles. The molecule has 0 fully saturated rings. The maximum Gasteiger partial charge on any atom is 0.416 e. The number of benzene rings is 1. The number of halogens is 4. The first-order valence-corrected chi connectivity index (χ1v) is 6.96. The Morgan fingerprint density at radius 2 is 2.06 bits per heavy atom. The predicted molar refractivity (Wildman–Crippen MR) is 68.8 cm³/mol. The average Bonchev–Trinajstić information content (AvgIpc) is 2.34. The molecule has 1 aromatic carbocycles. The van der Waals surface area contributed by atoms with Crippen molar-refractivity contribution in [3.05, 3.63) is 35.4 Å². The summed E-state index contributed by atoms with van der Waals surface area (Å²) in [5, 5.41) is 0.484. The first-order valence-electron chi connectivity index (χ1n) is 5.83. The van der Waals surface area contributed by atoms with E-state index < -0.39 is 11.7 Å². The summed E-state index contributed by atoms with van der Waals surface area (Å²) >= 11 is 3.27. The van der Waals surface area contributed by atoms with Crippen LogP contribution < -0.4 is 0 Å². The van der Waals surface area contributed by atoms with Crippen LogP contribution in [0.5, 0.6) is 0 Å². The fourth-order valence-corrected chi connectivity index (χ4v) is 2.08. The molecular weight excluding hydrogens is 309 g/mol. The molecule has 0 aliphatic rings. The summed E-state index contributed by atoms with van der Waals surface area (Å²) in [6, 6.07) is 5.29. The quantitative estimate of drug-likeness (QED) is 0.531. The molecule has 1 nitrogen and oxygen atoms in total. The highest BCUT2D eigenvalue weighted by molar-refractivity contribution is 9.09. The third-order valence-electron chi connectivity index (χ3n) is 2.54. The minimum absolute atomic E-state index is 0.334. The molecule has 1 aromatic rings. The summed E-state index contributed by atoms with van der Waals surface area (Å²) in [7, 11) is 0. The van der Waals surface area contributed by atoms with Crippen molar-refractivity contribution in [3.63, 3.8) is 0 Å². The van der Waals surface area contributed by atoms with E-state index in [9.17, 15) is 13.2 Å². The van der Waals surface area contributed by atoms with Crippen LogP contribution in [0.2, 0.25) is 0 Å². The summed E-state index contributed by atoms with van der Waals surface area (Å²) in [6.07, 6.45) is -2.74. The van der Waals surface area contributed by atoms with E-state index in [0.717, 1.165) is 25.0 Å². The minimum atomic E-state index is -4.31. The van der Waals surface area contributed by atoms with Crippen molar-refractivity contribution in [3.8, 4) is 0 Å². The van der Waals surface area contributed by atoms with Crippen molar-refractivity contribution in [1.82, 2.24) is 0 Å². The smallest absolute Gasteiger partial charge is 0.373 e. The van der Waals surface area contributed by atoms with E-state index in [1.807, 2.05) is 6.92 Å². The van der Waals surface area contributed by atoms with Crippen LogP contribution in [0, 0.1) is 0 Å². The van der Waals surface area contributed by atoms with Gasteiger partial charge in [0.1, 0.15) is 0 Å². The second kappa shape index (κ2) is 7.14. The van der Waals surface area contributed by atoms with E-state index in [1.54, 1.807) is 6.07 Å². The normalized spacial score (nSPS) is 13.6. The summed E-state index contributed by atoms with van der Waals surface area (Å²) in [4.78, 5) is 0. The van der Waals surface area contributed by atoms with Gasteiger partial charge >= 0.3 is 6.18 Å². The van der Waals surface area contributed by atoms with Crippen molar-refractivity contribution < 1.29 is 17.9 Å². The average molecular weight is 325 g/mol. The topological polar surface area (TPSA) is 9.23 Å². The Morgan fingerprint density at radius 3 is 2.61 bits per heavy atom. The van der Waals surface area contributed by atoms with Crippen molar-refractivity contribution >= 4 is 15.9 Å². The predicted octanol–water partition coefficient (Wildman–Crippen LogP) is 4.96. The van der Waals surface area contributed by atoms with Gasteiger partial charge < -0.3 is 4.74 Å². The molecule has 0 aromatic heterocycles. The maximum atomic E-state index is 12.6. The zero-order chi connectivity index (χ0) is 13.6. The Kier molecular flexibility index (Phi) is 6.15. The minimum Gasteiger partial charge on any atom is -0.373 e. The fraction of sp³-hybridized carbons (Fsp3) is 0.538. The molecule has 0 aliphatic heterocycles. The van der Waals surface area contributed by atoms with E-state index in [4.69, 9.17) is 4.74 Å². The molecule has 0 heterocycles. The molecule has 0 aliphatic carbocycles. The number of unbranched alkanes of at least 4 members (excludes halogenated alkanes) is 1. The third-order valence-corrected chi connectivity index (χ3v) is 3.13. The summed E-state index contributed by atoms with van der Waals surface area (Å²) in [5.41, 5.74) is -0.0807. The van der Waals surface area contributed by atoms with E-state index >= 15 is 0 Å². The largest absolute Gasteiger partial charge is 0.416 e. The lowest BCUT2D eigenvalue weighted by Crippen LogP contribution is -2.10. The van der Waals surface area contributed by atoms with E-state index in [1.165, 1.54) is 6.07 Å². The molecule has 5 heteroatoms. The van der Waals surface area contributed by atoms with Crippen molar-refractivity contribution in [1.29, 1.82) is 0 Å². The van der Waals surface area contributed by atoms with Crippen LogP contribution in [-0.2, 0) is 10.9 Å². The van der Waals surface area contributed by atoms with Gasteiger partial charge in [0.15, 0.2) is 0 Å². The summed E-state index contributed by atoms with van der Waals surface area (Å²) < 4.78 is 43.3. The van der Waals surface area contributed by atoms with Crippen LogP contribution in [0.4, 0.5) is 13.2 Å². The van der Waals surface area contributed by atoms with Gasteiger partial charge in [0.2, 0.25) is 0 Å². The van der Waals surface area contributed by atoms with Crippen molar-refractivity contribution in [2.24, 2.45) is 0 Å². The van der Waals surface area contributed by atoms with Crippen LogP contribution in [0.3, 0.4) is 0 Å². The third kappa shape index (κ3) is 4.61. The number of hydrogen-bond donors (Lipinski definition) is 0. The Bertz CT molecular complexity index is 365. The standard InChI is InChI=1S/C13H16BrF3O/c1-2-3-7-18-12(9-14)10-5-4-6-11(8-10)13(15,16)17/h4-6,8,12H,2-3,7,9H2,1H3. The van der Waals surface area contributed by atoms with E-state index in [0.29, 0.717) is 17.5 Å². The van der Waals surface area contributed by atoms with Gasteiger partial charge in [-0.2, -0.15) is 13.2 Å². The molecule has 0 spiro atoms. The van der Waals surface area contributed by atoms with Gasteiger partial charge in [-0.25, -0.2) is 0 Å². The van der Waals surface area contributed by atoms with Crippen LogP contribution >= 0.6 is 15.9 Å². The highest BCUT2D eigenvalue weighted by atomic mass is 79.9. The molecule has 0 amide bonds. The number of rotatable bonds is 6. The van der Waals surface area contributed by atoms with Crippen molar-refractivity contribution in [2.45, 2.75) is 32.0 Å². The lowest BCUT2D eigenvalue weighted by molar-refractivity contribution is -0.137. The Labute approximate surface area is 113 Å². The lowest BCUT2D eigenvalue weighted by Gasteiger charge is -2.17. The fourth-order valence-electron chi connectivity index (χ4n) is 1.52. The van der Waals surface area contributed by atoms with Gasteiger partial charge in [0, 0.05) is 11.9 Å². The molecule has 1 unspecified atom stereocenters. The van der Waals surface area contributed by atoms with Crippen LogP contribution in [0.25, 0.3) is 0 Å². The SMILES string of the molecule is CCCCOC(CBr)c1cccc(C(F)(F)F)c1. The zero-order valence-corrected chi connectivity index (χ0v) is 11.7. The molecule has 1 atom stereocenters. The molecule has 0 N–H and O–H groups in total. The highest BCUT2D eigenvalue weighted by Gasteiger charge is 2.30. The molecule has 18 heavy (non-hydrogen) atoms. The van der Waals surface area contributed by atoms with Gasteiger partial charge in [-0.15, -0.1) is 0 Å². The van der Waals surface area contributed by atoms with Crippen LogP contribution in [0.15, 0.2) is 24.3 Å². The first kappa shape index (κ1) is 15.5.